The molecule has 0 saturated carbocycles. The fraction of sp³-hybridized carbons (Fsp3) is 0.167. The number of hydrogen-bond donors (Lipinski definition) is 0. The second-order valence-electron chi connectivity index (χ2n) is 5.79. The van der Waals surface area contributed by atoms with E-state index in [0.29, 0.717) is 16.8 Å². The van der Waals surface area contributed by atoms with Gasteiger partial charge in [0.1, 0.15) is 0 Å². The van der Waals surface area contributed by atoms with Gasteiger partial charge in [-0.05, 0) is 17.7 Å². The van der Waals surface area contributed by atoms with Gasteiger partial charge in [-0.3, -0.25) is 4.79 Å². The number of hydrogen-bond acceptors (Lipinski definition) is 4. The normalized spacial score (nSPS) is 11.3. The Balaban J connectivity index is 1.99. The van der Waals surface area contributed by atoms with E-state index in [1.807, 2.05) is 42.1 Å². The van der Waals surface area contributed by atoms with Crippen molar-refractivity contribution in [1.29, 1.82) is 0 Å². The van der Waals surface area contributed by atoms with E-state index in [1.54, 1.807) is 26.7 Å². The number of ether oxygens (including phenoxy) is 1. The van der Waals surface area contributed by atoms with Crippen LogP contribution in [0.25, 0.3) is 32.9 Å². The van der Waals surface area contributed by atoms with Gasteiger partial charge in [0.2, 0.25) is 5.88 Å². The van der Waals surface area contributed by atoms with E-state index < -0.39 is 0 Å². The summed E-state index contributed by atoms with van der Waals surface area (Å²) in [5, 5.41) is 1.66. The van der Waals surface area contributed by atoms with Gasteiger partial charge < -0.3 is 13.9 Å². The number of methoxy groups -OCH3 is 1. The topological polar surface area (TPSA) is 61.9 Å². The van der Waals surface area contributed by atoms with Crippen molar-refractivity contribution in [2.45, 2.75) is 0 Å². The third kappa shape index (κ3) is 2.07. The molecule has 24 heavy (non-hydrogen) atoms. The first-order valence-corrected chi connectivity index (χ1v) is 7.53. The van der Waals surface area contributed by atoms with Crippen molar-refractivity contribution in [3.8, 4) is 17.0 Å². The van der Waals surface area contributed by atoms with Gasteiger partial charge in [0, 0.05) is 37.3 Å². The molecule has 0 radical (unpaired) electrons. The number of fused-ring (bicyclic) bond motifs is 2. The van der Waals surface area contributed by atoms with Crippen LogP contribution in [0.15, 0.2) is 47.8 Å². The quantitative estimate of drug-likeness (QED) is 0.569. The predicted molar refractivity (Wildman–Crippen MR) is 93.2 cm³/mol. The monoisotopic (exact) mass is 320 g/mol. The van der Waals surface area contributed by atoms with Gasteiger partial charge in [0.25, 0.3) is 5.56 Å². The summed E-state index contributed by atoms with van der Waals surface area (Å²) >= 11 is 0. The van der Waals surface area contributed by atoms with Crippen LogP contribution in [0.2, 0.25) is 0 Å². The summed E-state index contributed by atoms with van der Waals surface area (Å²) in [6, 6.07) is 7.65. The van der Waals surface area contributed by atoms with Gasteiger partial charge in [-0.25, -0.2) is 9.97 Å². The lowest BCUT2D eigenvalue weighted by molar-refractivity contribution is 0.398. The Hall–Kier alpha value is -3.15. The molecule has 6 heteroatoms. The first-order valence-electron chi connectivity index (χ1n) is 7.53. The standard InChI is InChI=1S/C18H16N4O2/c1-21-9-14(13-7-17(24-3)19-8-16(13)21)11-4-5-12-15(6-11)20-10-22(2)18(12)23/h4-10H,1-3H3. The summed E-state index contributed by atoms with van der Waals surface area (Å²) in [7, 11) is 5.29. The van der Waals surface area contributed by atoms with Crippen molar-refractivity contribution in [2.75, 3.05) is 7.11 Å². The molecule has 0 atom stereocenters. The van der Waals surface area contributed by atoms with Crippen LogP contribution in [0, 0.1) is 0 Å². The van der Waals surface area contributed by atoms with Gasteiger partial charge in [-0.15, -0.1) is 0 Å². The molecule has 4 rings (SSSR count). The highest BCUT2D eigenvalue weighted by molar-refractivity contribution is 5.98. The van der Waals surface area contributed by atoms with Gasteiger partial charge >= 0.3 is 0 Å². The van der Waals surface area contributed by atoms with E-state index in [1.165, 1.54) is 4.57 Å². The van der Waals surface area contributed by atoms with Gasteiger partial charge in [0.05, 0.1) is 36.1 Å². The lowest BCUT2D eigenvalue weighted by Crippen LogP contribution is -2.16. The van der Waals surface area contributed by atoms with Crippen molar-refractivity contribution in [3.05, 3.63) is 53.3 Å². The van der Waals surface area contributed by atoms with Crippen LogP contribution in [0.3, 0.4) is 0 Å². The highest BCUT2D eigenvalue weighted by Gasteiger charge is 2.12. The van der Waals surface area contributed by atoms with Crippen molar-refractivity contribution < 1.29 is 4.74 Å². The molecule has 0 aliphatic heterocycles. The van der Waals surface area contributed by atoms with Crippen LogP contribution in [0.1, 0.15) is 0 Å². The zero-order valence-corrected chi connectivity index (χ0v) is 13.6. The van der Waals surface area contributed by atoms with Crippen LogP contribution in [-0.2, 0) is 14.1 Å². The van der Waals surface area contributed by atoms with Crippen LogP contribution in [-0.4, -0.2) is 26.2 Å². The minimum atomic E-state index is -0.0460. The van der Waals surface area contributed by atoms with Crippen molar-refractivity contribution >= 4 is 21.8 Å². The fourth-order valence-corrected chi connectivity index (χ4v) is 2.98. The summed E-state index contributed by atoms with van der Waals surface area (Å²) in [5.74, 6) is 0.572. The van der Waals surface area contributed by atoms with Crippen molar-refractivity contribution in [3.63, 3.8) is 0 Å². The minimum Gasteiger partial charge on any atom is -0.481 e. The average Bonchev–Trinajstić information content (AvgIpc) is 2.94. The minimum absolute atomic E-state index is 0.0460. The number of pyridine rings is 1. The van der Waals surface area contributed by atoms with Gasteiger partial charge in [-0.2, -0.15) is 0 Å². The number of aryl methyl sites for hydroxylation is 2. The third-order valence-corrected chi connectivity index (χ3v) is 4.29. The van der Waals surface area contributed by atoms with Crippen molar-refractivity contribution in [1.82, 2.24) is 19.1 Å². The molecule has 0 spiro atoms. The fourth-order valence-electron chi connectivity index (χ4n) is 2.98. The van der Waals surface area contributed by atoms with E-state index in [9.17, 15) is 4.79 Å². The molecule has 4 aromatic rings. The second-order valence-corrected chi connectivity index (χ2v) is 5.79. The molecule has 6 nitrogen and oxygen atoms in total. The van der Waals surface area contributed by atoms with E-state index in [-0.39, 0.29) is 5.56 Å². The average molecular weight is 320 g/mol. The van der Waals surface area contributed by atoms with Gasteiger partial charge in [-0.1, -0.05) is 6.07 Å². The smallest absolute Gasteiger partial charge is 0.260 e. The lowest BCUT2D eigenvalue weighted by Gasteiger charge is -2.04. The molecule has 0 unspecified atom stereocenters. The Morgan fingerprint density at radius 3 is 2.67 bits per heavy atom. The van der Waals surface area contributed by atoms with E-state index in [4.69, 9.17) is 4.74 Å². The Bertz CT molecular complexity index is 1140. The third-order valence-electron chi connectivity index (χ3n) is 4.29. The molecule has 3 heterocycles. The molecule has 0 fully saturated rings. The first-order chi connectivity index (χ1) is 11.6. The van der Waals surface area contributed by atoms with Crippen LogP contribution in [0.5, 0.6) is 5.88 Å². The highest BCUT2D eigenvalue weighted by Crippen LogP contribution is 2.32. The molecule has 3 aromatic heterocycles. The molecule has 0 aliphatic carbocycles. The summed E-state index contributed by atoms with van der Waals surface area (Å²) < 4.78 is 8.75. The molecule has 1 aromatic carbocycles. The lowest BCUT2D eigenvalue weighted by atomic mass is 10.0. The molecule has 0 N–H and O–H groups in total. The number of benzene rings is 1. The maximum atomic E-state index is 12.2. The van der Waals surface area contributed by atoms with Crippen molar-refractivity contribution in [2.24, 2.45) is 14.1 Å². The Kier molecular flexibility index (Phi) is 3.13. The second kappa shape index (κ2) is 5.19. The Morgan fingerprint density at radius 2 is 1.88 bits per heavy atom. The highest BCUT2D eigenvalue weighted by atomic mass is 16.5. The maximum absolute atomic E-state index is 12.2. The first kappa shape index (κ1) is 14.4. The zero-order valence-electron chi connectivity index (χ0n) is 13.6. The molecular weight excluding hydrogens is 304 g/mol. The Morgan fingerprint density at radius 1 is 1.04 bits per heavy atom. The largest absolute Gasteiger partial charge is 0.481 e. The molecular formula is C18H16N4O2. The number of rotatable bonds is 2. The van der Waals surface area contributed by atoms with Crippen LogP contribution < -0.4 is 10.3 Å². The maximum Gasteiger partial charge on any atom is 0.260 e. The number of nitrogens with zero attached hydrogens (tertiary/aromatic N) is 4. The predicted octanol–water partition coefficient (Wildman–Crippen LogP) is 2.50. The summed E-state index contributed by atoms with van der Waals surface area (Å²) in [5.41, 5.74) is 3.71. The SMILES string of the molecule is COc1cc2c(-c3ccc4c(=O)n(C)cnc4c3)cn(C)c2cn1. The van der Waals surface area contributed by atoms with E-state index in [2.05, 4.69) is 9.97 Å². The summed E-state index contributed by atoms with van der Waals surface area (Å²) in [4.78, 5) is 20.8. The molecule has 0 bridgehead atoms. The van der Waals surface area contributed by atoms with Crippen LogP contribution >= 0.6 is 0 Å². The molecule has 120 valence electrons. The number of aromatic nitrogens is 4. The van der Waals surface area contributed by atoms with Gasteiger partial charge in [0.15, 0.2) is 0 Å². The Labute approximate surface area is 138 Å². The molecule has 0 aliphatic rings. The zero-order chi connectivity index (χ0) is 16.8. The van der Waals surface area contributed by atoms with E-state index in [0.717, 1.165) is 22.0 Å². The summed E-state index contributed by atoms with van der Waals surface area (Å²) in [6.07, 6.45) is 5.39. The van der Waals surface area contributed by atoms with E-state index >= 15 is 0 Å². The molecule has 0 amide bonds. The van der Waals surface area contributed by atoms with Crippen LogP contribution in [0.4, 0.5) is 0 Å². The molecule has 0 saturated heterocycles. The summed E-state index contributed by atoms with van der Waals surface area (Å²) in [6.45, 7) is 0.